The molecule has 76 valence electrons. The lowest BCUT2D eigenvalue weighted by Crippen LogP contribution is -2.28. The van der Waals surface area contributed by atoms with Crippen molar-refractivity contribution in [3.63, 3.8) is 0 Å². The molecule has 0 saturated heterocycles. The van der Waals surface area contributed by atoms with Gasteiger partial charge in [-0.1, -0.05) is 11.6 Å². The van der Waals surface area contributed by atoms with E-state index in [0.29, 0.717) is 6.54 Å². The van der Waals surface area contributed by atoms with Crippen molar-refractivity contribution in [3.05, 3.63) is 11.6 Å². The molecule has 1 amide bonds. The zero-order valence-corrected chi connectivity index (χ0v) is 8.89. The molecule has 0 heterocycles. The molecule has 0 aromatic heterocycles. The number of amides is 1. The lowest BCUT2D eigenvalue weighted by Gasteiger charge is -2.06. The topological polar surface area (TPSA) is 38.3 Å². The lowest BCUT2D eigenvalue weighted by molar-refractivity contribution is -0.126. The van der Waals surface area contributed by atoms with Crippen molar-refractivity contribution in [3.8, 4) is 0 Å². The third-order valence-corrected chi connectivity index (χ3v) is 1.36. The largest absolute Gasteiger partial charge is 0.369 e. The molecule has 0 aromatic rings. The Balaban J connectivity index is 3.47. The molecule has 0 spiro atoms. The van der Waals surface area contributed by atoms with Crippen LogP contribution in [0.5, 0.6) is 0 Å². The number of rotatable bonds is 5. The maximum Gasteiger partial charge on any atom is 0.246 e. The van der Waals surface area contributed by atoms with Crippen LogP contribution in [0.3, 0.4) is 0 Å². The Morgan fingerprint density at radius 3 is 2.54 bits per heavy atom. The van der Waals surface area contributed by atoms with Crippen LogP contribution in [-0.2, 0) is 9.53 Å². The number of carbonyl (C=O) groups excluding carboxylic acids is 1. The van der Waals surface area contributed by atoms with Gasteiger partial charge in [0, 0.05) is 6.54 Å². The third kappa shape index (κ3) is 9.08. The fraction of sp³-hybridized carbons (Fsp3) is 0.700. The monoisotopic (exact) mass is 185 g/mol. The molecular weight excluding hydrogens is 166 g/mol. The molecule has 3 heteroatoms. The Morgan fingerprint density at radius 1 is 1.46 bits per heavy atom. The zero-order chi connectivity index (χ0) is 10.3. The third-order valence-electron chi connectivity index (χ3n) is 1.36. The number of carbonyl (C=O) groups is 1. The fourth-order valence-corrected chi connectivity index (χ4v) is 0.662. The van der Waals surface area contributed by atoms with E-state index in [9.17, 15) is 4.79 Å². The standard InChI is InChI=1S/C10H19NO2/c1-8(2)5-6-11-10(12)7-13-9(3)4/h5,9H,6-7H2,1-4H3,(H,11,12). The van der Waals surface area contributed by atoms with Gasteiger partial charge in [-0.05, 0) is 27.7 Å². The van der Waals surface area contributed by atoms with Crippen LogP contribution in [0.1, 0.15) is 27.7 Å². The maximum atomic E-state index is 11.1. The number of hydrogen-bond donors (Lipinski definition) is 1. The molecule has 0 unspecified atom stereocenters. The van der Waals surface area contributed by atoms with Gasteiger partial charge in [0.2, 0.25) is 5.91 Å². The van der Waals surface area contributed by atoms with Crippen molar-refractivity contribution < 1.29 is 9.53 Å². The first kappa shape index (κ1) is 12.2. The highest BCUT2D eigenvalue weighted by Gasteiger charge is 2.00. The van der Waals surface area contributed by atoms with Crippen molar-refractivity contribution in [2.24, 2.45) is 0 Å². The van der Waals surface area contributed by atoms with Gasteiger partial charge >= 0.3 is 0 Å². The Bertz CT molecular complexity index is 181. The summed E-state index contributed by atoms with van der Waals surface area (Å²) in [5.74, 6) is -0.0637. The first-order valence-electron chi connectivity index (χ1n) is 4.54. The van der Waals surface area contributed by atoms with Crippen LogP contribution in [0.4, 0.5) is 0 Å². The fourth-order valence-electron chi connectivity index (χ4n) is 0.662. The zero-order valence-electron chi connectivity index (χ0n) is 8.89. The van der Waals surface area contributed by atoms with E-state index in [1.807, 2.05) is 33.8 Å². The summed E-state index contributed by atoms with van der Waals surface area (Å²) in [5.41, 5.74) is 1.20. The Kier molecular flexibility index (Phi) is 6.24. The molecule has 0 fully saturated rings. The number of hydrogen-bond acceptors (Lipinski definition) is 2. The van der Waals surface area contributed by atoms with E-state index in [1.54, 1.807) is 0 Å². The molecule has 0 aliphatic carbocycles. The maximum absolute atomic E-state index is 11.1. The van der Waals surface area contributed by atoms with Crippen molar-refractivity contribution in [1.82, 2.24) is 5.32 Å². The summed E-state index contributed by atoms with van der Waals surface area (Å²) in [6.07, 6.45) is 2.07. The van der Waals surface area contributed by atoms with Crippen LogP contribution < -0.4 is 5.32 Å². The minimum atomic E-state index is -0.0637. The summed E-state index contributed by atoms with van der Waals surface area (Å²) in [4.78, 5) is 11.1. The molecule has 0 atom stereocenters. The summed E-state index contributed by atoms with van der Waals surface area (Å²) >= 11 is 0. The minimum Gasteiger partial charge on any atom is -0.369 e. The molecule has 0 radical (unpaired) electrons. The molecule has 0 bridgehead atoms. The Labute approximate surface area is 80.2 Å². The molecule has 1 N–H and O–H groups in total. The Morgan fingerprint density at radius 2 is 2.08 bits per heavy atom. The number of allylic oxidation sites excluding steroid dienone is 1. The van der Waals surface area contributed by atoms with Gasteiger partial charge in [0.05, 0.1) is 6.10 Å². The molecule has 3 nitrogen and oxygen atoms in total. The second kappa shape index (κ2) is 6.66. The van der Waals surface area contributed by atoms with Gasteiger partial charge in [0.25, 0.3) is 0 Å². The summed E-state index contributed by atoms with van der Waals surface area (Å²) in [6.45, 7) is 8.54. The molecule has 0 aromatic carbocycles. The van der Waals surface area contributed by atoms with Gasteiger partial charge in [-0.15, -0.1) is 0 Å². The molecule has 0 aliphatic rings. The van der Waals surface area contributed by atoms with Crippen LogP contribution in [0, 0.1) is 0 Å². The van der Waals surface area contributed by atoms with Crippen LogP contribution >= 0.6 is 0 Å². The van der Waals surface area contributed by atoms with Gasteiger partial charge in [0.15, 0.2) is 0 Å². The van der Waals surface area contributed by atoms with E-state index < -0.39 is 0 Å². The van der Waals surface area contributed by atoms with Gasteiger partial charge in [-0.2, -0.15) is 0 Å². The number of ether oxygens (including phenoxy) is 1. The van der Waals surface area contributed by atoms with E-state index in [1.165, 1.54) is 5.57 Å². The van der Waals surface area contributed by atoms with Gasteiger partial charge in [-0.25, -0.2) is 0 Å². The highest BCUT2D eigenvalue weighted by atomic mass is 16.5. The van der Waals surface area contributed by atoms with Crippen molar-refractivity contribution in [1.29, 1.82) is 0 Å². The summed E-state index contributed by atoms with van der Waals surface area (Å²) in [6, 6.07) is 0. The van der Waals surface area contributed by atoms with Crippen LogP contribution in [0.2, 0.25) is 0 Å². The van der Waals surface area contributed by atoms with Crippen molar-refractivity contribution in [2.75, 3.05) is 13.2 Å². The predicted octanol–water partition coefficient (Wildman–Crippen LogP) is 1.49. The van der Waals surface area contributed by atoms with Gasteiger partial charge < -0.3 is 10.1 Å². The SMILES string of the molecule is CC(C)=CCNC(=O)COC(C)C. The summed E-state index contributed by atoms with van der Waals surface area (Å²) in [5, 5.41) is 2.73. The lowest BCUT2D eigenvalue weighted by atomic mass is 10.3. The summed E-state index contributed by atoms with van der Waals surface area (Å²) in [7, 11) is 0. The van der Waals surface area contributed by atoms with Crippen LogP contribution in [-0.4, -0.2) is 25.2 Å². The quantitative estimate of drug-likeness (QED) is 0.659. The first-order chi connectivity index (χ1) is 6.02. The second-order valence-electron chi connectivity index (χ2n) is 3.45. The van der Waals surface area contributed by atoms with Gasteiger partial charge in [-0.3, -0.25) is 4.79 Å². The van der Waals surface area contributed by atoms with Crippen LogP contribution in [0.25, 0.3) is 0 Å². The van der Waals surface area contributed by atoms with E-state index in [-0.39, 0.29) is 18.6 Å². The van der Waals surface area contributed by atoms with Crippen molar-refractivity contribution >= 4 is 5.91 Å². The van der Waals surface area contributed by atoms with E-state index in [4.69, 9.17) is 4.74 Å². The molecule has 0 rings (SSSR count). The highest BCUT2D eigenvalue weighted by molar-refractivity contribution is 5.77. The molecule has 0 aliphatic heterocycles. The van der Waals surface area contributed by atoms with E-state index >= 15 is 0 Å². The molecular formula is C10H19NO2. The second-order valence-corrected chi connectivity index (χ2v) is 3.45. The van der Waals surface area contributed by atoms with Crippen LogP contribution in [0.15, 0.2) is 11.6 Å². The summed E-state index contributed by atoms with van der Waals surface area (Å²) < 4.78 is 5.13. The average Bonchev–Trinajstić information content (AvgIpc) is 2.00. The average molecular weight is 185 g/mol. The smallest absolute Gasteiger partial charge is 0.246 e. The highest BCUT2D eigenvalue weighted by Crippen LogP contribution is 1.87. The molecule has 0 saturated carbocycles. The predicted molar refractivity (Wildman–Crippen MR) is 53.5 cm³/mol. The minimum absolute atomic E-state index is 0.0637. The first-order valence-corrected chi connectivity index (χ1v) is 4.54. The van der Waals surface area contributed by atoms with E-state index in [2.05, 4.69) is 5.32 Å². The Hall–Kier alpha value is -0.830. The number of nitrogens with one attached hydrogen (secondary N) is 1. The van der Waals surface area contributed by atoms with Crippen molar-refractivity contribution in [2.45, 2.75) is 33.8 Å². The van der Waals surface area contributed by atoms with E-state index in [0.717, 1.165) is 0 Å². The molecule has 13 heavy (non-hydrogen) atoms. The van der Waals surface area contributed by atoms with Gasteiger partial charge in [0.1, 0.15) is 6.61 Å². The normalized spacial score (nSPS) is 9.92.